The molecule has 92 valence electrons. The molecule has 1 heterocycles. The van der Waals surface area contributed by atoms with Crippen LogP contribution in [0.25, 0.3) is 0 Å². The van der Waals surface area contributed by atoms with Crippen LogP contribution in [-0.2, 0) is 6.54 Å². The molecule has 4 nitrogen and oxygen atoms in total. The minimum Gasteiger partial charge on any atom is -0.478 e. The second-order valence-corrected chi connectivity index (χ2v) is 4.08. The average Bonchev–Trinajstić information content (AvgIpc) is 2.37. The number of anilines is 1. The first-order valence-corrected chi connectivity index (χ1v) is 5.64. The number of hydrogen-bond donors (Lipinski definition) is 2. The highest BCUT2D eigenvalue weighted by atomic mass is 16.4. The van der Waals surface area contributed by atoms with Gasteiger partial charge in [-0.3, -0.25) is 0 Å². The van der Waals surface area contributed by atoms with E-state index >= 15 is 0 Å². The van der Waals surface area contributed by atoms with Gasteiger partial charge in [0.2, 0.25) is 0 Å². The Morgan fingerprint density at radius 3 is 2.89 bits per heavy atom. The predicted molar refractivity (Wildman–Crippen MR) is 69.7 cm³/mol. The molecular formula is C14H14N2O2. The first kappa shape index (κ1) is 12.1. The summed E-state index contributed by atoms with van der Waals surface area (Å²) in [5.41, 5.74) is 2.57. The predicted octanol–water partition coefficient (Wildman–Crippen LogP) is 2.70. The average molecular weight is 242 g/mol. The Hall–Kier alpha value is -2.36. The van der Waals surface area contributed by atoms with Crippen molar-refractivity contribution in [2.75, 3.05) is 5.32 Å². The molecule has 0 bridgehead atoms. The molecule has 0 saturated carbocycles. The van der Waals surface area contributed by atoms with E-state index in [4.69, 9.17) is 5.11 Å². The van der Waals surface area contributed by atoms with Gasteiger partial charge in [0.05, 0.1) is 5.56 Å². The normalized spacial score (nSPS) is 10.1. The maximum absolute atomic E-state index is 10.8. The summed E-state index contributed by atoms with van der Waals surface area (Å²) in [6, 6.07) is 11.1. The highest BCUT2D eigenvalue weighted by molar-refractivity contribution is 5.88. The summed E-state index contributed by atoms with van der Waals surface area (Å²) in [5.74, 6) is -0.382. The zero-order valence-electron chi connectivity index (χ0n) is 10.1. The quantitative estimate of drug-likeness (QED) is 0.865. The number of carboxylic acid groups (broad SMARTS) is 1. The van der Waals surface area contributed by atoms with Crippen LogP contribution in [0.3, 0.4) is 0 Å². The largest absolute Gasteiger partial charge is 0.478 e. The van der Waals surface area contributed by atoms with Crippen molar-refractivity contribution in [2.24, 2.45) is 0 Å². The maximum atomic E-state index is 10.8. The topological polar surface area (TPSA) is 62.2 Å². The number of carboxylic acids is 1. The van der Waals surface area contributed by atoms with Crippen molar-refractivity contribution in [1.82, 2.24) is 4.98 Å². The Kier molecular flexibility index (Phi) is 3.57. The van der Waals surface area contributed by atoms with Crippen LogP contribution in [0.1, 0.15) is 21.5 Å². The van der Waals surface area contributed by atoms with E-state index in [0.29, 0.717) is 12.4 Å². The van der Waals surface area contributed by atoms with E-state index in [9.17, 15) is 4.79 Å². The summed E-state index contributed by atoms with van der Waals surface area (Å²) in [6.45, 7) is 2.66. The van der Waals surface area contributed by atoms with Gasteiger partial charge in [-0.05, 0) is 24.6 Å². The number of nitrogens with zero attached hydrogens (tertiary/aromatic N) is 1. The number of carbonyl (C=O) groups is 1. The van der Waals surface area contributed by atoms with Gasteiger partial charge in [0.1, 0.15) is 5.82 Å². The van der Waals surface area contributed by atoms with Crippen LogP contribution < -0.4 is 5.32 Å². The van der Waals surface area contributed by atoms with Crippen LogP contribution in [-0.4, -0.2) is 16.1 Å². The fourth-order valence-electron chi connectivity index (χ4n) is 1.67. The van der Waals surface area contributed by atoms with Gasteiger partial charge in [0, 0.05) is 12.7 Å². The standard InChI is InChI=1S/C14H14N2O2/c1-10-3-2-4-11(7-10)9-16-13-8-12(14(17)18)5-6-15-13/h2-8H,9H2,1H3,(H,15,16)(H,17,18). The van der Waals surface area contributed by atoms with Gasteiger partial charge < -0.3 is 10.4 Å². The first-order valence-electron chi connectivity index (χ1n) is 5.64. The van der Waals surface area contributed by atoms with Crippen LogP contribution in [0.15, 0.2) is 42.6 Å². The molecule has 0 saturated heterocycles. The van der Waals surface area contributed by atoms with Crippen molar-refractivity contribution in [3.63, 3.8) is 0 Å². The van der Waals surface area contributed by atoms with E-state index in [2.05, 4.69) is 16.4 Å². The number of benzene rings is 1. The lowest BCUT2D eigenvalue weighted by molar-refractivity contribution is 0.0697. The molecule has 0 atom stereocenters. The van der Waals surface area contributed by atoms with Crippen molar-refractivity contribution in [3.05, 3.63) is 59.3 Å². The maximum Gasteiger partial charge on any atom is 0.335 e. The van der Waals surface area contributed by atoms with E-state index in [1.54, 1.807) is 0 Å². The summed E-state index contributed by atoms with van der Waals surface area (Å²) in [4.78, 5) is 14.9. The summed E-state index contributed by atoms with van der Waals surface area (Å²) >= 11 is 0. The highest BCUT2D eigenvalue weighted by Gasteiger charge is 2.03. The number of hydrogen-bond acceptors (Lipinski definition) is 3. The third-order valence-electron chi connectivity index (χ3n) is 2.56. The molecule has 1 aromatic carbocycles. The molecule has 4 heteroatoms. The molecule has 0 aliphatic rings. The van der Waals surface area contributed by atoms with Crippen LogP contribution in [0, 0.1) is 6.92 Å². The van der Waals surface area contributed by atoms with Crippen molar-refractivity contribution in [2.45, 2.75) is 13.5 Å². The Morgan fingerprint density at radius 1 is 1.33 bits per heavy atom. The first-order chi connectivity index (χ1) is 8.65. The molecule has 0 spiro atoms. The van der Waals surface area contributed by atoms with E-state index < -0.39 is 5.97 Å². The molecule has 18 heavy (non-hydrogen) atoms. The number of aromatic carboxylic acids is 1. The molecule has 0 amide bonds. The van der Waals surface area contributed by atoms with Gasteiger partial charge in [0.15, 0.2) is 0 Å². The van der Waals surface area contributed by atoms with Crippen molar-refractivity contribution < 1.29 is 9.90 Å². The summed E-state index contributed by atoms with van der Waals surface area (Å²) in [6.07, 6.45) is 1.49. The van der Waals surface area contributed by atoms with Crippen molar-refractivity contribution in [1.29, 1.82) is 0 Å². The molecule has 0 radical (unpaired) electrons. The molecule has 0 unspecified atom stereocenters. The van der Waals surface area contributed by atoms with Crippen molar-refractivity contribution >= 4 is 11.8 Å². The Morgan fingerprint density at radius 2 is 2.17 bits per heavy atom. The molecule has 0 aliphatic heterocycles. The van der Waals surface area contributed by atoms with Crippen LogP contribution in [0.4, 0.5) is 5.82 Å². The molecule has 2 N–H and O–H groups in total. The lowest BCUT2D eigenvalue weighted by Crippen LogP contribution is -2.04. The van der Waals surface area contributed by atoms with Gasteiger partial charge in [-0.2, -0.15) is 0 Å². The smallest absolute Gasteiger partial charge is 0.335 e. The molecule has 2 aromatic rings. The van der Waals surface area contributed by atoms with Gasteiger partial charge in [0.25, 0.3) is 0 Å². The molecular weight excluding hydrogens is 228 g/mol. The zero-order valence-corrected chi connectivity index (χ0v) is 10.1. The minimum atomic E-state index is -0.948. The van der Waals surface area contributed by atoms with Crippen LogP contribution in [0.2, 0.25) is 0 Å². The molecule has 2 rings (SSSR count). The molecule has 0 fully saturated rings. The fourth-order valence-corrected chi connectivity index (χ4v) is 1.67. The van der Waals surface area contributed by atoms with Gasteiger partial charge in [-0.1, -0.05) is 29.8 Å². The van der Waals surface area contributed by atoms with E-state index in [1.807, 2.05) is 25.1 Å². The number of aryl methyl sites for hydroxylation is 1. The third-order valence-corrected chi connectivity index (χ3v) is 2.56. The van der Waals surface area contributed by atoms with Gasteiger partial charge in [-0.15, -0.1) is 0 Å². The number of nitrogens with one attached hydrogen (secondary N) is 1. The Balaban J connectivity index is 2.06. The monoisotopic (exact) mass is 242 g/mol. The van der Waals surface area contributed by atoms with Crippen molar-refractivity contribution in [3.8, 4) is 0 Å². The van der Waals surface area contributed by atoms with Crippen LogP contribution >= 0.6 is 0 Å². The number of aromatic nitrogens is 1. The summed E-state index contributed by atoms with van der Waals surface area (Å²) in [5, 5.41) is 12.0. The second kappa shape index (κ2) is 5.31. The van der Waals surface area contributed by atoms with Gasteiger partial charge in [-0.25, -0.2) is 9.78 Å². The van der Waals surface area contributed by atoms with E-state index in [-0.39, 0.29) is 5.56 Å². The highest BCUT2D eigenvalue weighted by Crippen LogP contribution is 2.10. The summed E-state index contributed by atoms with van der Waals surface area (Å²) < 4.78 is 0. The SMILES string of the molecule is Cc1cccc(CNc2cc(C(=O)O)ccn2)c1. The van der Waals surface area contributed by atoms with E-state index in [0.717, 1.165) is 5.56 Å². The Bertz CT molecular complexity index is 567. The Labute approximate surface area is 105 Å². The fraction of sp³-hybridized carbons (Fsp3) is 0.143. The number of pyridine rings is 1. The molecule has 0 aliphatic carbocycles. The lowest BCUT2D eigenvalue weighted by atomic mass is 10.1. The second-order valence-electron chi connectivity index (χ2n) is 4.08. The van der Waals surface area contributed by atoms with E-state index in [1.165, 1.54) is 23.9 Å². The minimum absolute atomic E-state index is 0.233. The number of rotatable bonds is 4. The lowest BCUT2D eigenvalue weighted by Gasteiger charge is -2.06. The molecule has 1 aromatic heterocycles. The van der Waals surface area contributed by atoms with Gasteiger partial charge >= 0.3 is 5.97 Å². The summed E-state index contributed by atoms with van der Waals surface area (Å²) in [7, 11) is 0. The third kappa shape index (κ3) is 3.07. The van der Waals surface area contributed by atoms with Crippen LogP contribution in [0.5, 0.6) is 0 Å². The zero-order chi connectivity index (χ0) is 13.0.